The molecule has 0 aromatic heterocycles. The summed E-state index contributed by atoms with van der Waals surface area (Å²) in [5.74, 6) is 0.136. The third-order valence-electron chi connectivity index (χ3n) is 5.15. The van der Waals surface area contributed by atoms with Crippen molar-refractivity contribution in [3.8, 4) is 6.07 Å². The second kappa shape index (κ2) is 9.67. The van der Waals surface area contributed by atoms with Gasteiger partial charge in [-0.25, -0.2) is 0 Å². The van der Waals surface area contributed by atoms with E-state index in [2.05, 4.69) is 21.9 Å². The number of morpholine rings is 1. The van der Waals surface area contributed by atoms with Gasteiger partial charge in [-0.05, 0) is 24.5 Å². The van der Waals surface area contributed by atoms with Crippen molar-refractivity contribution in [3.63, 3.8) is 0 Å². The lowest BCUT2D eigenvalue weighted by atomic mass is 10.0. The van der Waals surface area contributed by atoms with Crippen LogP contribution in [0.25, 0.3) is 0 Å². The Balaban J connectivity index is 1.59. The van der Waals surface area contributed by atoms with E-state index in [1.165, 1.54) is 5.56 Å². The van der Waals surface area contributed by atoms with E-state index in [9.17, 15) is 4.79 Å². The molecule has 1 fully saturated rings. The molecule has 0 atom stereocenters. The van der Waals surface area contributed by atoms with Crippen molar-refractivity contribution in [3.05, 3.63) is 29.8 Å². The fourth-order valence-corrected chi connectivity index (χ4v) is 3.65. The van der Waals surface area contributed by atoms with Crippen molar-refractivity contribution in [2.24, 2.45) is 0 Å². The van der Waals surface area contributed by atoms with Gasteiger partial charge in [-0.2, -0.15) is 5.26 Å². The number of aryl methyl sites for hydroxylation is 1. The fraction of sp³-hybridized carbons (Fsp3) is 0.600. The summed E-state index contributed by atoms with van der Waals surface area (Å²) in [6.45, 7) is 6.97. The van der Waals surface area contributed by atoms with Gasteiger partial charge in [0, 0.05) is 51.4 Å². The van der Waals surface area contributed by atoms with Gasteiger partial charge in [0.15, 0.2) is 0 Å². The summed E-state index contributed by atoms with van der Waals surface area (Å²) in [5.41, 5.74) is 2.31. The number of nitrogens with zero attached hydrogens (tertiary/aromatic N) is 4. The molecule has 1 aromatic rings. The molecule has 0 unspecified atom stereocenters. The Hall–Kier alpha value is -1.94. The van der Waals surface area contributed by atoms with Crippen molar-refractivity contribution in [2.45, 2.75) is 19.3 Å². The molecule has 6 heteroatoms. The lowest BCUT2D eigenvalue weighted by molar-refractivity contribution is -0.119. The minimum Gasteiger partial charge on any atom is -0.379 e. The number of carbonyl (C=O) groups is 1. The van der Waals surface area contributed by atoms with Crippen LogP contribution in [0.3, 0.4) is 0 Å². The maximum Gasteiger partial charge on any atom is 0.241 e. The highest BCUT2D eigenvalue weighted by Gasteiger charge is 2.24. The van der Waals surface area contributed by atoms with Crippen LogP contribution < -0.4 is 4.90 Å². The van der Waals surface area contributed by atoms with Gasteiger partial charge in [0.25, 0.3) is 0 Å². The molecule has 1 aromatic carbocycles. The number of para-hydroxylation sites is 1. The number of carbonyl (C=O) groups excluding carboxylic acids is 1. The highest BCUT2D eigenvalue weighted by molar-refractivity contribution is 5.95. The number of fused-ring (bicyclic) bond motifs is 1. The van der Waals surface area contributed by atoms with Crippen molar-refractivity contribution in [2.75, 3.05) is 63.9 Å². The molecule has 6 nitrogen and oxygen atoms in total. The Bertz CT molecular complexity index is 637. The van der Waals surface area contributed by atoms with Crippen molar-refractivity contribution < 1.29 is 9.53 Å². The number of hydrogen-bond acceptors (Lipinski definition) is 5. The summed E-state index contributed by atoms with van der Waals surface area (Å²) in [5, 5.41) is 8.95. The molecule has 0 N–H and O–H groups in total. The fourth-order valence-electron chi connectivity index (χ4n) is 3.65. The summed E-state index contributed by atoms with van der Waals surface area (Å²) in [6.07, 6.45) is 2.50. The van der Waals surface area contributed by atoms with Crippen LogP contribution >= 0.6 is 0 Å². The average Bonchev–Trinajstić information content (AvgIpc) is 2.70. The third-order valence-corrected chi connectivity index (χ3v) is 5.15. The van der Waals surface area contributed by atoms with Crippen LogP contribution in [0, 0.1) is 11.3 Å². The zero-order valence-corrected chi connectivity index (χ0v) is 15.4. The highest BCUT2D eigenvalue weighted by atomic mass is 16.5. The molecular formula is C20H28N4O2. The Labute approximate surface area is 155 Å². The minimum absolute atomic E-state index is 0.136. The van der Waals surface area contributed by atoms with Gasteiger partial charge in [0.1, 0.15) is 0 Å². The number of ether oxygens (including phenoxy) is 1. The van der Waals surface area contributed by atoms with Gasteiger partial charge in [0.2, 0.25) is 5.91 Å². The van der Waals surface area contributed by atoms with E-state index in [0.29, 0.717) is 19.5 Å². The summed E-state index contributed by atoms with van der Waals surface area (Å²) < 4.78 is 5.39. The van der Waals surface area contributed by atoms with E-state index >= 15 is 0 Å². The van der Waals surface area contributed by atoms with Gasteiger partial charge in [0.05, 0.1) is 25.8 Å². The standard InChI is InChI=1S/C20H28N4O2/c21-8-4-9-23(12-11-22-13-15-26-16-14-22)17-20(25)24-10-3-6-18-5-1-2-7-19(18)24/h1-2,5,7H,3-4,6,9-17H2. The van der Waals surface area contributed by atoms with Gasteiger partial charge in [-0.15, -0.1) is 0 Å². The Morgan fingerprint density at radius 3 is 2.81 bits per heavy atom. The van der Waals surface area contributed by atoms with Crippen LogP contribution in [-0.2, 0) is 16.0 Å². The molecular weight excluding hydrogens is 328 g/mol. The zero-order valence-electron chi connectivity index (χ0n) is 15.4. The largest absolute Gasteiger partial charge is 0.379 e. The summed E-state index contributed by atoms with van der Waals surface area (Å²) >= 11 is 0. The van der Waals surface area contributed by atoms with Gasteiger partial charge in [-0.3, -0.25) is 14.6 Å². The number of anilines is 1. The average molecular weight is 356 g/mol. The van der Waals surface area contributed by atoms with Crippen LogP contribution in [0.15, 0.2) is 24.3 Å². The molecule has 0 spiro atoms. The molecule has 2 aliphatic heterocycles. The molecule has 2 heterocycles. The molecule has 26 heavy (non-hydrogen) atoms. The number of benzene rings is 1. The Kier molecular flexibility index (Phi) is 7.01. The summed E-state index contributed by atoms with van der Waals surface area (Å²) in [6, 6.07) is 10.4. The van der Waals surface area contributed by atoms with Gasteiger partial charge in [-0.1, -0.05) is 18.2 Å². The van der Waals surface area contributed by atoms with Crippen LogP contribution in [0.2, 0.25) is 0 Å². The second-order valence-corrected chi connectivity index (χ2v) is 6.92. The SMILES string of the molecule is N#CCCN(CCN1CCOCC1)CC(=O)N1CCCc2ccccc21. The van der Waals surface area contributed by atoms with E-state index in [0.717, 1.165) is 64.5 Å². The second-order valence-electron chi connectivity index (χ2n) is 6.92. The summed E-state index contributed by atoms with van der Waals surface area (Å²) in [4.78, 5) is 19.4. The van der Waals surface area contributed by atoms with Crippen molar-refractivity contribution >= 4 is 11.6 Å². The first kappa shape index (κ1) is 18.8. The van der Waals surface area contributed by atoms with E-state index in [-0.39, 0.29) is 5.91 Å². The maximum atomic E-state index is 13.0. The normalized spacial score (nSPS) is 17.8. The molecule has 0 radical (unpaired) electrons. The quantitative estimate of drug-likeness (QED) is 0.741. The van der Waals surface area contributed by atoms with E-state index < -0.39 is 0 Å². The first-order valence-corrected chi connectivity index (χ1v) is 9.55. The number of hydrogen-bond donors (Lipinski definition) is 0. The first-order valence-electron chi connectivity index (χ1n) is 9.55. The lowest BCUT2D eigenvalue weighted by Crippen LogP contribution is -2.46. The topological polar surface area (TPSA) is 59.8 Å². The van der Waals surface area contributed by atoms with E-state index in [1.807, 2.05) is 23.1 Å². The minimum atomic E-state index is 0.136. The Morgan fingerprint density at radius 1 is 1.19 bits per heavy atom. The molecule has 140 valence electrons. The number of rotatable bonds is 7. The molecule has 3 rings (SSSR count). The predicted molar refractivity (Wildman–Crippen MR) is 101 cm³/mol. The van der Waals surface area contributed by atoms with E-state index in [1.54, 1.807) is 0 Å². The maximum absolute atomic E-state index is 13.0. The lowest BCUT2D eigenvalue weighted by Gasteiger charge is -2.33. The molecule has 1 amide bonds. The van der Waals surface area contributed by atoms with Gasteiger partial charge < -0.3 is 9.64 Å². The van der Waals surface area contributed by atoms with Crippen molar-refractivity contribution in [1.82, 2.24) is 9.80 Å². The highest BCUT2D eigenvalue weighted by Crippen LogP contribution is 2.26. The zero-order chi connectivity index (χ0) is 18.2. The van der Waals surface area contributed by atoms with Gasteiger partial charge >= 0.3 is 0 Å². The van der Waals surface area contributed by atoms with Crippen LogP contribution in [-0.4, -0.2) is 74.7 Å². The smallest absolute Gasteiger partial charge is 0.241 e. The predicted octanol–water partition coefficient (Wildman–Crippen LogP) is 1.51. The Morgan fingerprint density at radius 2 is 2.00 bits per heavy atom. The molecule has 0 bridgehead atoms. The van der Waals surface area contributed by atoms with Crippen LogP contribution in [0.1, 0.15) is 18.4 Å². The number of nitriles is 1. The van der Waals surface area contributed by atoms with Crippen LogP contribution in [0.4, 0.5) is 5.69 Å². The third kappa shape index (κ3) is 5.04. The summed E-state index contributed by atoms with van der Waals surface area (Å²) in [7, 11) is 0. The molecule has 0 saturated carbocycles. The monoisotopic (exact) mass is 356 g/mol. The van der Waals surface area contributed by atoms with E-state index in [4.69, 9.17) is 10.00 Å². The number of amides is 1. The van der Waals surface area contributed by atoms with Crippen LogP contribution in [0.5, 0.6) is 0 Å². The van der Waals surface area contributed by atoms with Crippen molar-refractivity contribution in [1.29, 1.82) is 5.26 Å². The molecule has 1 saturated heterocycles. The first-order chi connectivity index (χ1) is 12.8. The molecule has 0 aliphatic carbocycles. The molecule has 2 aliphatic rings.